The van der Waals surface area contributed by atoms with Gasteiger partial charge in [-0.15, -0.1) is 0 Å². The Kier molecular flexibility index (Phi) is 6.62. The molecule has 0 aromatic carbocycles. The molecule has 0 aliphatic carbocycles. The molecule has 1 aromatic rings. The van der Waals surface area contributed by atoms with Crippen LogP contribution < -0.4 is 5.32 Å². The van der Waals surface area contributed by atoms with Gasteiger partial charge in [-0.25, -0.2) is 4.79 Å². The van der Waals surface area contributed by atoms with E-state index >= 15 is 0 Å². The predicted molar refractivity (Wildman–Crippen MR) is 91.9 cm³/mol. The maximum absolute atomic E-state index is 12.3. The lowest BCUT2D eigenvalue weighted by molar-refractivity contribution is -0.0293. The van der Waals surface area contributed by atoms with Crippen LogP contribution in [0.1, 0.15) is 30.9 Å². The van der Waals surface area contributed by atoms with Crippen LogP contribution in [0.2, 0.25) is 0 Å². The van der Waals surface area contributed by atoms with Crippen LogP contribution in [0.4, 0.5) is 4.79 Å². The second-order valence-electron chi connectivity index (χ2n) is 6.99. The molecule has 0 spiro atoms. The first kappa shape index (κ1) is 18.7. The Balaban J connectivity index is 1.77. The number of nitrogens with zero attached hydrogens (tertiary/aromatic N) is 3. The minimum atomic E-state index is -0.111. The molecular weight excluding hydrogens is 308 g/mol. The van der Waals surface area contributed by atoms with Gasteiger partial charge < -0.3 is 19.5 Å². The number of morpholine rings is 1. The molecule has 1 atom stereocenters. The normalized spacial score (nSPS) is 18.8. The van der Waals surface area contributed by atoms with Gasteiger partial charge in [-0.2, -0.15) is 0 Å². The van der Waals surface area contributed by atoms with Crippen molar-refractivity contribution in [2.45, 2.75) is 40.3 Å². The van der Waals surface area contributed by atoms with Gasteiger partial charge in [-0.05, 0) is 19.8 Å². The van der Waals surface area contributed by atoms with Crippen LogP contribution in [0.3, 0.4) is 0 Å². The first-order valence-electron chi connectivity index (χ1n) is 8.61. The van der Waals surface area contributed by atoms with Gasteiger partial charge in [-0.3, -0.25) is 4.90 Å². The third kappa shape index (κ3) is 5.21. The van der Waals surface area contributed by atoms with E-state index in [1.807, 2.05) is 13.8 Å². The summed E-state index contributed by atoms with van der Waals surface area (Å²) in [6.07, 6.45) is 0.0499. The number of urea groups is 1. The van der Waals surface area contributed by atoms with Crippen LogP contribution in [0, 0.1) is 19.8 Å². The van der Waals surface area contributed by atoms with Gasteiger partial charge in [0.25, 0.3) is 0 Å². The molecular formula is C17H30N4O3. The zero-order chi connectivity index (χ0) is 17.7. The highest BCUT2D eigenvalue weighted by Gasteiger charge is 2.22. The van der Waals surface area contributed by atoms with Crippen LogP contribution in [-0.2, 0) is 11.3 Å². The number of hydrogen-bond donors (Lipinski definition) is 1. The Morgan fingerprint density at radius 2 is 2.21 bits per heavy atom. The van der Waals surface area contributed by atoms with E-state index in [-0.39, 0.29) is 12.1 Å². The summed E-state index contributed by atoms with van der Waals surface area (Å²) in [6, 6.07) is -0.111. The average Bonchev–Trinajstić information content (AvgIpc) is 2.84. The van der Waals surface area contributed by atoms with Crippen molar-refractivity contribution in [3.8, 4) is 0 Å². The van der Waals surface area contributed by atoms with E-state index < -0.39 is 0 Å². The maximum Gasteiger partial charge on any atom is 0.317 e. The first-order valence-corrected chi connectivity index (χ1v) is 8.61. The van der Waals surface area contributed by atoms with Gasteiger partial charge in [0.15, 0.2) is 0 Å². The highest BCUT2D eigenvalue weighted by Crippen LogP contribution is 2.14. The molecule has 136 valence electrons. The summed E-state index contributed by atoms with van der Waals surface area (Å²) in [7, 11) is 1.77. The SMILES string of the molecule is Cc1noc(C)c1CN(C)C(=O)NC[C@H]1CN(CC(C)C)CCO1. The number of aromatic nitrogens is 1. The number of ether oxygens (including phenoxy) is 1. The molecule has 2 rings (SSSR count). The quantitative estimate of drug-likeness (QED) is 0.856. The smallest absolute Gasteiger partial charge is 0.317 e. The van der Waals surface area contributed by atoms with Crippen molar-refractivity contribution in [2.75, 3.05) is 39.8 Å². The van der Waals surface area contributed by atoms with Crippen molar-refractivity contribution in [1.82, 2.24) is 20.3 Å². The number of hydrogen-bond acceptors (Lipinski definition) is 5. The fourth-order valence-electron chi connectivity index (χ4n) is 2.96. The lowest BCUT2D eigenvalue weighted by Gasteiger charge is -2.34. The summed E-state index contributed by atoms with van der Waals surface area (Å²) >= 11 is 0. The molecule has 1 saturated heterocycles. The van der Waals surface area contributed by atoms with Crippen molar-refractivity contribution in [3.05, 3.63) is 17.0 Å². The zero-order valence-electron chi connectivity index (χ0n) is 15.5. The summed E-state index contributed by atoms with van der Waals surface area (Å²) in [5, 5.41) is 6.88. The van der Waals surface area contributed by atoms with Gasteiger partial charge in [0, 0.05) is 38.8 Å². The van der Waals surface area contributed by atoms with E-state index in [0.717, 1.165) is 43.3 Å². The van der Waals surface area contributed by atoms with Crippen molar-refractivity contribution >= 4 is 6.03 Å². The fourth-order valence-corrected chi connectivity index (χ4v) is 2.96. The number of rotatable bonds is 6. The number of carbonyl (C=O) groups is 1. The predicted octanol–water partition coefficient (Wildman–Crippen LogP) is 1.79. The van der Waals surface area contributed by atoms with Crippen LogP contribution in [0.25, 0.3) is 0 Å². The standard InChI is InChI=1S/C17H30N4O3/c1-12(2)9-21-6-7-23-15(10-21)8-18-17(22)20(5)11-16-13(3)19-24-14(16)4/h12,15H,6-11H2,1-5H3,(H,18,22)/t15-/m0/s1. The van der Waals surface area contributed by atoms with Crippen LogP contribution in [0.15, 0.2) is 4.52 Å². The first-order chi connectivity index (χ1) is 11.4. The molecule has 7 heteroatoms. The molecule has 0 radical (unpaired) electrons. The van der Waals surface area contributed by atoms with E-state index in [1.165, 1.54) is 0 Å². The third-order valence-electron chi connectivity index (χ3n) is 4.25. The summed E-state index contributed by atoms with van der Waals surface area (Å²) in [4.78, 5) is 16.3. The van der Waals surface area contributed by atoms with Crippen molar-refractivity contribution in [1.29, 1.82) is 0 Å². The van der Waals surface area contributed by atoms with Gasteiger partial charge in [0.1, 0.15) is 5.76 Å². The molecule has 1 aliphatic heterocycles. The number of aryl methyl sites for hydroxylation is 2. The zero-order valence-corrected chi connectivity index (χ0v) is 15.5. The Morgan fingerprint density at radius 1 is 1.46 bits per heavy atom. The minimum absolute atomic E-state index is 0.0499. The Labute approximate surface area is 144 Å². The topological polar surface area (TPSA) is 70.8 Å². The van der Waals surface area contributed by atoms with E-state index in [9.17, 15) is 4.79 Å². The van der Waals surface area contributed by atoms with E-state index in [1.54, 1.807) is 11.9 Å². The highest BCUT2D eigenvalue weighted by molar-refractivity contribution is 5.73. The largest absolute Gasteiger partial charge is 0.374 e. The third-order valence-corrected chi connectivity index (χ3v) is 4.25. The van der Waals surface area contributed by atoms with Gasteiger partial charge in [0.2, 0.25) is 0 Å². The van der Waals surface area contributed by atoms with Crippen LogP contribution >= 0.6 is 0 Å². The molecule has 2 amide bonds. The van der Waals surface area contributed by atoms with Gasteiger partial charge in [0.05, 0.1) is 24.9 Å². The van der Waals surface area contributed by atoms with Crippen molar-refractivity contribution in [3.63, 3.8) is 0 Å². The summed E-state index contributed by atoms with van der Waals surface area (Å²) in [5.74, 6) is 1.40. The van der Waals surface area contributed by atoms with Crippen LogP contribution in [0.5, 0.6) is 0 Å². The molecule has 0 unspecified atom stereocenters. The molecule has 1 aromatic heterocycles. The minimum Gasteiger partial charge on any atom is -0.374 e. The molecule has 1 aliphatic rings. The molecule has 2 heterocycles. The molecule has 0 saturated carbocycles. The molecule has 1 fully saturated rings. The van der Waals surface area contributed by atoms with Crippen LogP contribution in [-0.4, -0.2) is 66.9 Å². The molecule has 0 bridgehead atoms. The van der Waals surface area contributed by atoms with Gasteiger partial charge in [-0.1, -0.05) is 19.0 Å². The average molecular weight is 338 g/mol. The molecule has 7 nitrogen and oxygen atoms in total. The second-order valence-corrected chi connectivity index (χ2v) is 6.99. The Morgan fingerprint density at radius 3 is 2.83 bits per heavy atom. The number of carbonyl (C=O) groups excluding carboxylic acids is 1. The lowest BCUT2D eigenvalue weighted by Crippen LogP contribution is -2.49. The second kappa shape index (κ2) is 8.48. The summed E-state index contributed by atoms with van der Waals surface area (Å²) in [6.45, 7) is 12.8. The number of amides is 2. The summed E-state index contributed by atoms with van der Waals surface area (Å²) in [5.41, 5.74) is 1.79. The number of nitrogens with one attached hydrogen (secondary N) is 1. The summed E-state index contributed by atoms with van der Waals surface area (Å²) < 4.78 is 10.9. The van der Waals surface area contributed by atoms with Crippen molar-refractivity contribution in [2.24, 2.45) is 5.92 Å². The van der Waals surface area contributed by atoms with Crippen molar-refractivity contribution < 1.29 is 14.1 Å². The maximum atomic E-state index is 12.3. The van der Waals surface area contributed by atoms with E-state index in [2.05, 4.69) is 29.2 Å². The highest BCUT2D eigenvalue weighted by atomic mass is 16.5. The molecule has 24 heavy (non-hydrogen) atoms. The monoisotopic (exact) mass is 338 g/mol. The lowest BCUT2D eigenvalue weighted by atomic mass is 10.2. The Bertz CT molecular complexity index is 524. The fraction of sp³-hybridized carbons (Fsp3) is 0.765. The van der Waals surface area contributed by atoms with E-state index in [0.29, 0.717) is 19.0 Å². The van der Waals surface area contributed by atoms with Gasteiger partial charge >= 0.3 is 6.03 Å². The molecule has 1 N–H and O–H groups in total. The van der Waals surface area contributed by atoms with E-state index in [4.69, 9.17) is 9.26 Å². The Hall–Kier alpha value is -1.60.